The van der Waals surface area contributed by atoms with Crippen LogP contribution in [0.5, 0.6) is 5.75 Å². The average molecular weight is 592 g/mol. The van der Waals surface area contributed by atoms with Crippen molar-refractivity contribution in [3.05, 3.63) is 63.5 Å². The van der Waals surface area contributed by atoms with Gasteiger partial charge < -0.3 is 29.1 Å². The highest BCUT2D eigenvalue weighted by Gasteiger charge is 2.42. The largest absolute Gasteiger partial charge is 0.488 e. The Kier molecular flexibility index (Phi) is 8.81. The van der Waals surface area contributed by atoms with Crippen molar-refractivity contribution in [3.63, 3.8) is 0 Å². The average Bonchev–Trinajstić information content (AvgIpc) is 3.57. The number of aliphatic hydroxyl groups excluding tert-OH is 1. The Morgan fingerprint density at radius 1 is 1.07 bits per heavy atom. The van der Waals surface area contributed by atoms with Gasteiger partial charge in [-0.25, -0.2) is 4.98 Å². The predicted molar refractivity (Wildman–Crippen MR) is 164 cm³/mol. The van der Waals surface area contributed by atoms with Crippen LogP contribution in [0.1, 0.15) is 45.5 Å². The summed E-state index contributed by atoms with van der Waals surface area (Å²) in [6, 6.07) is 10.2. The molecule has 3 heterocycles. The van der Waals surface area contributed by atoms with E-state index < -0.39 is 0 Å². The van der Waals surface area contributed by atoms with Crippen LogP contribution in [0.15, 0.2) is 35.7 Å². The molecule has 2 aromatic carbocycles. The summed E-state index contributed by atoms with van der Waals surface area (Å²) in [7, 11) is 0. The van der Waals surface area contributed by atoms with Gasteiger partial charge >= 0.3 is 0 Å². The zero-order valence-corrected chi connectivity index (χ0v) is 25.6. The predicted octanol–water partition coefficient (Wildman–Crippen LogP) is 5.22. The van der Waals surface area contributed by atoms with Crippen LogP contribution in [0.25, 0.3) is 11.3 Å². The number of morpholine rings is 1. The Labute approximate surface area is 252 Å². The van der Waals surface area contributed by atoms with Gasteiger partial charge in [0.25, 0.3) is 5.91 Å². The molecule has 2 saturated heterocycles. The van der Waals surface area contributed by atoms with Gasteiger partial charge in [-0.2, -0.15) is 0 Å². The molecule has 0 radical (unpaired) electrons. The molecule has 224 valence electrons. The third-order valence-electron chi connectivity index (χ3n) is 9.22. The number of hydrogen-bond donors (Lipinski definition) is 1. The minimum atomic E-state index is -0.199. The van der Waals surface area contributed by atoms with E-state index in [9.17, 15) is 4.79 Å². The Morgan fingerprint density at radius 3 is 2.48 bits per heavy atom. The highest BCUT2D eigenvalue weighted by atomic mass is 32.1. The zero-order valence-electron chi connectivity index (χ0n) is 24.8. The summed E-state index contributed by atoms with van der Waals surface area (Å²) in [6.07, 6.45) is 2.44. The molecular weight excluding hydrogens is 550 g/mol. The van der Waals surface area contributed by atoms with Crippen molar-refractivity contribution in [2.75, 3.05) is 57.7 Å². The van der Waals surface area contributed by atoms with Crippen molar-refractivity contribution in [2.24, 2.45) is 17.8 Å². The standard InChI is InChI=1S/C33H41N3O5S/c1-21-4-7-31(41-18-28-22(2)13-26(14-23(28)3)32(38)35-8-10-39-11-9-35)27(12-21)30-19-42-33(34-30)36-15-24-5-6-25(16-36)29(24)17-40-20-37/h4,7,12-14,19,24-25,29,37H,5-6,8-11,15-18,20H2,1-3H3/t24-,25+,29+. The van der Waals surface area contributed by atoms with Crippen molar-refractivity contribution in [1.82, 2.24) is 9.88 Å². The van der Waals surface area contributed by atoms with Crippen molar-refractivity contribution in [1.29, 1.82) is 0 Å². The van der Waals surface area contributed by atoms with Gasteiger partial charge in [0.05, 0.1) is 25.5 Å². The number of amides is 1. The molecule has 1 aromatic heterocycles. The van der Waals surface area contributed by atoms with Gasteiger partial charge in [0, 0.05) is 42.7 Å². The maximum atomic E-state index is 13.1. The lowest BCUT2D eigenvalue weighted by Crippen LogP contribution is -2.43. The van der Waals surface area contributed by atoms with E-state index in [0.717, 1.165) is 63.0 Å². The number of nitrogens with zero attached hydrogens (tertiary/aromatic N) is 3. The molecule has 0 spiro atoms. The number of aliphatic hydroxyl groups is 1. The molecule has 3 aliphatic rings. The Morgan fingerprint density at radius 2 is 1.79 bits per heavy atom. The molecule has 1 saturated carbocycles. The zero-order chi connectivity index (χ0) is 29.2. The number of aryl methyl sites for hydroxylation is 3. The fourth-order valence-electron chi connectivity index (χ4n) is 6.90. The summed E-state index contributed by atoms with van der Waals surface area (Å²) in [5.41, 5.74) is 7.03. The van der Waals surface area contributed by atoms with Crippen molar-refractivity contribution >= 4 is 22.4 Å². The second-order valence-corrected chi connectivity index (χ2v) is 12.8. The molecular formula is C33H41N3O5S. The van der Waals surface area contributed by atoms with Crippen LogP contribution in [0.4, 0.5) is 5.13 Å². The molecule has 8 nitrogen and oxygen atoms in total. The highest BCUT2D eigenvalue weighted by Crippen LogP contribution is 2.44. The summed E-state index contributed by atoms with van der Waals surface area (Å²) in [4.78, 5) is 22.5. The molecule has 1 aliphatic carbocycles. The molecule has 6 rings (SSSR count). The van der Waals surface area contributed by atoms with Crippen LogP contribution < -0.4 is 9.64 Å². The van der Waals surface area contributed by atoms with Crippen LogP contribution >= 0.6 is 11.3 Å². The number of ether oxygens (including phenoxy) is 3. The van der Waals surface area contributed by atoms with Crippen LogP contribution in [0.3, 0.4) is 0 Å². The minimum Gasteiger partial charge on any atom is -0.488 e. The van der Waals surface area contributed by atoms with Crippen LogP contribution in [0, 0.1) is 38.5 Å². The van der Waals surface area contributed by atoms with E-state index in [1.165, 1.54) is 12.8 Å². The molecule has 3 atom stereocenters. The molecule has 3 aromatic rings. The SMILES string of the molecule is Cc1ccc(OCc2c(C)cc(C(=O)N3CCOCC3)cc2C)c(-c2csc(N3C[C@H]4CC[C@@H](C3)[C@H]4COCO)n2)c1. The quantitative estimate of drug-likeness (QED) is 0.342. The Hall–Kier alpha value is -2.98. The molecule has 42 heavy (non-hydrogen) atoms. The highest BCUT2D eigenvalue weighted by molar-refractivity contribution is 7.14. The molecule has 2 bridgehead atoms. The number of piperidine rings is 1. The number of aromatic nitrogens is 1. The summed E-state index contributed by atoms with van der Waals surface area (Å²) in [5.74, 6) is 2.57. The van der Waals surface area contributed by atoms with E-state index in [0.29, 0.717) is 57.3 Å². The molecule has 3 fully saturated rings. The number of hydrogen-bond acceptors (Lipinski definition) is 8. The topological polar surface area (TPSA) is 84.4 Å². The molecule has 1 amide bonds. The summed E-state index contributed by atoms with van der Waals surface area (Å²) in [6.45, 7) is 11.5. The van der Waals surface area contributed by atoms with Crippen molar-refractivity contribution < 1.29 is 24.1 Å². The van der Waals surface area contributed by atoms with Crippen LogP contribution in [-0.2, 0) is 16.1 Å². The number of carbonyl (C=O) groups excluding carboxylic acids is 1. The fourth-order valence-corrected chi connectivity index (χ4v) is 7.74. The maximum Gasteiger partial charge on any atom is 0.254 e. The third-order valence-corrected chi connectivity index (χ3v) is 10.1. The summed E-state index contributed by atoms with van der Waals surface area (Å²) >= 11 is 1.70. The normalized spacial score (nSPS) is 22.0. The number of thiazole rings is 1. The van der Waals surface area contributed by atoms with E-state index in [4.69, 9.17) is 24.3 Å². The van der Waals surface area contributed by atoms with E-state index >= 15 is 0 Å². The van der Waals surface area contributed by atoms with Gasteiger partial charge in [-0.15, -0.1) is 11.3 Å². The smallest absolute Gasteiger partial charge is 0.254 e. The second-order valence-electron chi connectivity index (χ2n) is 12.0. The lowest BCUT2D eigenvalue weighted by Gasteiger charge is -2.37. The van der Waals surface area contributed by atoms with Gasteiger partial charge in [-0.05, 0) is 92.3 Å². The van der Waals surface area contributed by atoms with E-state index in [1.807, 2.05) is 23.1 Å². The van der Waals surface area contributed by atoms with Gasteiger partial charge in [-0.1, -0.05) is 11.6 Å². The molecule has 1 N–H and O–H groups in total. The number of carbonyl (C=O) groups is 1. The first-order valence-corrected chi connectivity index (χ1v) is 15.9. The fraction of sp³-hybridized carbons (Fsp3) is 0.515. The lowest BCUT2D eigenvalue weighted by atomic mass is 9.86. The van der Waals surface area contributed by atoms with Crippen LogP contribution in [-0.4, -0.2) is 73.7 Å². The number of rotatable bonds is 9. The second kappa shape index (κ2) is 12.7. The first-order chi connectivity index (χ1) is 20.4. The molecule has 0 unspecified atom stereocenters. The van der Waals surface area contributed by atoms with Crippen molar-refractivity contribution in [3.8, 4) is 17.0 Å². The first kappa shape index (κ1) is 29.1. The van der Waals surface area contributed by atoms with Gasteiger partial charge in [0.1, 0.15) is 19.1 Å². The lowest BCUT2D eigenvalue weighted by molar-refractivity contribution is -0.0315. The summed E-state index contributed by atoms with van der Waals surface area (Å²) < 4.78 is 17.3. The van der Waals surface area contributed by atoms with Gasteiger partial charge in [0.15, 0.2) is 5.13 Å². The van der Waals surface area contributed by atoms with E-state index in [-0.39, 0.29) is 12.7 Å². The Balaban J connectivity index is 1.16. The molecule has 2 aliphatic heterocycles. The minimum absolute atomic E-state index is 0.0628. The number of anilines is 1. The Bertz CT molecular complexity index is 1380. The van der Waals surface area contributed by atoms with Gasteiger partial charge in [-0.3, -0.25) is 4.79 Å². The maximum absolute atomic E-state index is 13.1. The number of benzene rings is 2. The van der Waals surface area contributed by atoms with Crippen molar-refractivity contribution in [2.45, 2.75) is 40.2 Å². The summed E-state index contributed by atoms with van der Waals surface area (Å²) in [5, 5.41) is 12.3. The van der Waals surface area contributed by atoms with Gasteiger partial charge in [0.2, 0.25) is 0 Å². The third kappa shape index (κ3) is 6.06. The molecule has 9 heteroatoms. The first-order valence-electron chi connectivity index (χ1n) is 15.0. The number of fused-ring (bicyclic) bond motifs is 2. The monoisotopic (exact) mass is 591 g/mol. The van der Waals surface area contributed by atoms with E-state index in [1.54, 1.807) is 11.3 Å². The van der Waals surface area contributed by atoms with Crippen LogP contribution in [0.2, 0.25) is 0 Å². The van der Waals surface area contributed by atoms with E-state index in [2.05, 4.69) is 43.2 Å².